The van der Waals surface area contributed by atoms with Gasteiger partial charge in [-0.2, -0.15) is 0 Å². The van der Waals surface area contributed by atoms with Crippen molar-refractivity contribution >= 4 is 34.7 Å². The average Bonchev–Trinajstić information content (AvgIpc) is 3.42. The number of benzene rings is 2. The van der Waals surface area contributed by atoms with Crippen molar-refractivity contribution in [3.63, 3.8) is 0 Å². The van der Waals surface area contributed by atoms with Gasteiger partial charge < -0.3 is 4.74 Å². The van der Waals surface area contributed by atoms with Crippen LogP contribution in [0.5, 0.6) is 5.75 Å². The third-order valence-corrected chi connectivity index (χ3v) is 6.74. The summed E-state index contributed by atoms with van der Waals surface area (Å²) >= 11 is 9.48. The molecule has 4 aromatic rings. The number of para-hydroxylation sites is 1. The summed E-state index contributed by atoms with van der Waals surface area (Å²) < 4.78 is 8.05. The summed E-state index contributed by atoms with van der Waals surface area (Å²) in [6, 6.07) is 17.6. The van der Waals surface area contributed by atoms with Gasteiger partial charge in [0.1, 0.15) is 10.8 Å². The van der Waals surface area contributed by atoms with Gasteiger partial charge in [0.05, 0.1) is 10.7 Å². The zero-order valence-corrected chi connectivity index (χ0v) is 19.3. The number of thiazole rings is 1. The molecule has 0 saturated heterocycles. The third-order valence-electron chi connectivity index (χ3n) is 4.48. The Hall–Kier alpha value is -2.61. The Labute approximate surface area is 194 Å². The molecule has 0 N–H and O–H groups in total. The van der Waals surface area contributed by atoms with E-state index in [4.69, 9.17) is 21.3 Å². The van der Waals surface area contributed by atoms with E-state index in [0.717, 1.165) is 27.2 Å². The first-order valence-electron chi connectivity index (χ1n) is 9.73. The van der Waals surface area contributed by atoms with Crippen LogP contribution in [-0.4, -0.2) is 19.7 Å². The molecule has 0 spiro atoms. The van der Waals surface area contributed by atoms with E-state index in [-0.39, 0.29) is 6.10 Å². The molecule has 8 heteroatoms. The molecule has 5 nitrogen and oxygen atoms in total. The molecule has 0 fully saturated rings. The maximum absolute atomic E-state index is 6.23. The Morgan fingerprint density at radius 2 is 1.94 bits per heavy atom. The van der Waals surface area contributed by atoms with E-state index in [1.807, 2.05) is 54.0 Å². The second-order valence-electron chi connectivity index (χ2n) is 6.73. The molecular weight excluding hydrogens is 448 g/mol. The van der Waals surface area contributed by atoms with Gasteiger partial charge in [0.15, 0.2) is 17.1 Å². The van der Waals surface area contributed by atoms with Gasteiger partial charge in [0, 0.05) is 23.2 Å². The summed E-state index contributed by atoms with van der Waals surface area (Å²) in [5, 5.41) is 13.3. The minimum absolute atomic E-state index is 0.314. The number of ether oxygens (including phenoxy) is 1. The highest BCUT2D eigenvalue weighted by atomic mass is 35.5. The van der Waals surface area contributed by atoms with Crippen molar-refractivity contribution in [2.75, 3.05) is 0 Å². The molecular formula is C23H21ClN4OS2. The van der Waals surface area contributed by atoms with Crippen LogP contribution in [0.25, 0.3) is 10.6 Å². The number of aromatic nitrogens is 4. The molecule has 0 amide bonds. The monoisotopic (exact) mass is 468 g/mol. The summed E-state index contributed by atoms with van der Waals surface area (Å²) in [5.41, 5.74) is 2.15. The van der Waals surface area contributed by atoms with Crippen LogP contribution in [0.4, 0.5) is 0 Å². The SMILES string of the molecule is C=CCn1c(SCc2csc(-c3ccccc3)n2)nnc1C(C)Oc1ccccc1Cl. The molecule has 1 atom stereocenters. The van der Waals surface area contributed by atoms with Gasteiger partial charge in [0.25, 0.3) is 0 Å². The molecule has 0 saturated carbocycles. The maximum Gasteiger partial charge on any atom is 0.192 e. The highest BCUT2D eigenvalue weighted by Crippen LogP contribution is 2.31. The molecule has 1 unspecified atom stereocenters. The molecule has 31 heavy (non-hydrogen) atoms. The molecule has 2 heterocycles. The van der Waals surface area contributed by atoms with Gasteiger partial charge in [-0.1, -0.05) is 71.9 Å². The quantitative estimate of drug-likeness (QED) is 0.203. The molecule has 158 valence electrons. The summed E-state index contributed by atoms with van der Waals surface area (Å²) in [7, 11) is 0. The van der Waals surface area contributed by atoms with Crippen LogP contribution < -0.4 is 4.74 Å². The number of hydrogen-bond acceptors (Lipinski definition) is 6. The lowest BCUT2D eigenvalue weighted by Crippen LogP contribution is -2.12. The number of nitrogens with zero attached hydrogens (tertiary/aromatic N) is 4. The predicted molar refractivity (Wildman–Crippen MR) is 128 cm³/mol. The van der Waals surface area contributed by atoms with E-state index >= 15 is 0 Å². The zero-order valence-electron chi connectivity index (χ0n) is 16.9. The minimum atomic E-state index is -0.314. The first kappa shape index (κ1) is 21.6. The average molecular weight is 469 g/mol. The molecule has 4 rings (SSSR count). The molecule has 0 aliphatic rings. The number of rotatable bonds is 9. The largest absolute Gasteiger partial charge is 0.481 e. The van der Waals surface area contributed by atoms with Crippen molar-refractivity contribution in [2.45, 2.75) is 30.5 Å². The lowest BCUT2D eigenvalue weighted by molar-refractivity contribution is 0.210. The van der Waals surface area contributed by atoms with Crippen molar-refractivity contribution in [1.29, 1.82) is 0 Å². The van der Waals surface area contributed by atoms with Crippen molar-refractivity contribution in [3.05, 3.63) is 89.2 Å². The fourth-order valence-electron chi connectivity index (χ4n) is 3.02. The minimum Gasteiger partial charge on any atom is -0.481 e. The van der Waals surface area contributed by atoms with Crippen LogP contribution in [0.2, 0.25) is 5.02 Å². The smallest absolute Gasteiger partial charge is 0.192 e. The van der Waals surface area contributed by atoms with Crippen LogP contribution in [0.15, 0.2) is 77.8 Å². The van der Waals surface area contributed by atoms with Gasteiger partial charge >= 0.3 is 0 Å². The number of allylic oxidation sites excluding steroid dienone is 1. The molecule has 0 aliphatic heterocycles. The van der Waals surface area contributed by atoms with E-state index in [0.29, 0.717) is 23.1 Å². The fraction of sp³-hybridized carbons (Fsp3) is 0.174. The van der Waals surface area contributed by atoms with Gasteiger partial charge in [-0.05, 0) is 19.1 Å². The maximum atomic E-state index is 6.23. The third kappa shape index (κ3) is 5.18. The fourth-order valence-corrected chi connectivity index (χ4v) is 4.98. The summed E-state index contributed by atoms with van der Waals surface area (Å²) in [5.74, 6) is 2.05. The van der Waals surface area contributed by atoms with Gasteiger partial charge in [-0.25, -0.2) is 4.98 Å². The number of hydrogen-bond donors (Lipinski definition) is 0. The zero-order chi connectivity index (χ0) is 21.6. The lowest BCUT2D eigenvalue weighted by Gasteiger charge is -2.16. The van der Waals surface area contributed by atoms with Crippen molar-refractivity contribution in [3.8, 4) is 16.3 Å². The Bertz CT molecular complexity index is 1160. The molecule has 2 aromatic carbocycles. The first-order valence-corrected chi connectivity index (χ1v) is 12.0. The first-order chi connectivity index (χ1) is 15.2. The van der Waals surface area contributed by atoms with Crippen LogP contribution >= 0.6 is 34.7 Å². The van der Waals surface area contributed by atoms with Crippen LogP contribution in [-0.2, 0) is 12.3 Å². The van der Waals surface area contributed by atoms with Gasteiger partial charge in [-0.3, -0.25) is 4.57 Å². The van der Waals surface area contributed by atoms with E-state index in [1.54, 1.807) is 29.2 Å². The Morgan fingerprint density at radius 1 is 1.16 bits per heavy atom. The van der Waals surface area contributed by atoms with Crippen LogP contribution in [0.1, 0.15) is 24.5 Å². The molecule has 0 radical (unpaired) electrons. The van der Waals surface area contributed by atoms with Crippen LogP contribution in [0.3, 0.4) is 0 Å². The van der Waals surface area contributed by atoms with Crippen molar-refractivity contribution in [1.82, 2.24) is 19.7 Å². The summed E-state index contributed by atoms with van der Waals surface area (Å²) in [6.07, 6.45) is 1.51. The molecule has 2 aromatic heterocycles. The summed E-state index contributed by atoms with van der Waals surface area (Å²) in [4.78, 5) is 4.76. The van der Waals surface area contributed by atoms with E-state index < -0.39 is 0 Å². The highest BCUT2D eigenvalue weighted by molar-refractivity contribution is 7.98. The second kappa shape index (κ2) is 10.1. The van der Waals surface area contributed by atoms with E-state index in [9.17, 15) is 0 Å². The van der Waals surface area contributed by atoms with Crippen molar-refractivity contribution in [2.24, 2.45) is 0 Å². The normalized spacial score (nSPS) is 11.9. The molecule has 0 bridgehead atoms. The molecule has 0 aliphatic carbocycles. The lowest BCUT2D eigenvalue weighted by atomic mass is 10.2. The summed E-state index contributed by atoms with van der Waals surface area (Å²) in [6.45, 7) is 6.40. The topological polar surface area (TPSA) is 52.8 Å². The van der Waals surface area contributed by atoms with Crippen molar-refractivity contribution < 1.29 is 4.74 Å². The van der Waals surface area contributed by atoms with E-state index in [1.165, 1.54) is 0 Å². The Balaban J connectivity index is 1.48. The van der Waals surface area contributed by atoms with Crippen LogP contribution in [0, 0.1) is 0 Å². The highest BCUT2D eigenvalue weighted by Gasteiger charge is 2.20. The predicted octanol–water partition coefficient (Wildman–Crippen LogP) is 6.67. The number of thioether (sulfide) groups is 1. The second-order valence-corrected chi connectivity index (χ2v) is 8.94. The number of halogens is 1. The Morgan fingerprint density at radius 3 is 2.71 bits per heavy atom. The Kier molecular flexibility index (Phi) is 7.06. The van der Waals surface area contributed by atoms with Gasteiger partial charge in [-0.15, -0.1) is 28.1 Å². The van der Waals surface area contributed by atoms with Gasteiger partial charge in [0.2, 0.25) is 0 Å². The standard InChI is InChI=1S/C23H21ClN4OS2/c1-3-13-28-21(16(2)29-20-12-8-7-11-19(20)24)26-27-23(28)31-15-18-14-30-22(25-18)17-9-5-4-6-10-17/h3-12,14,16H,1,13,15H2,2H3. The van der Waals surface area contributed by atoms with E-state index in [2.05, 4.69) is 34.3 Å².